The van der Waals surface area contributed by atoms with Gasteiger partial charge in [0.05, 0.1) is 6.54 Å². The quantitative estimate of drug-likeness (QED) is 0.753. The number of nitrogens with one attached hydrogen (secondary N) is 2. The third-order valence-electron chi connectivity index (χ3n) is 1.31. The van der Waals surface area contributed by atoms with Crippen LogP contribution in [0.3, 0.4) is 0 Å². The van der Waals surface area contributed by atoms with Gasteiger partial charge in [-0.1, -0.05) is 11.3 Å². The smallest absolute Gasteiger partial charge is 0.315 e. The summed E-state index contributed by atoms with van der Waals surface area (Å²) >= 11 is 1.48. The summed E-state index contributed by atoms with van der Waals surface area (Å²) in [6, 6.07) is -0.171. The molecule has 2 amide bonds. The van der Waals surface area contributed by atoms with E-state index in [9.17, 15) is 4.79 Å². The van der Waals surface area contributed by atoms with Crippen LogP contribution in [0.4, 0.5) is 4.79 Å². The summed E-state index contributed by atoms with van der Waals surface area (Å²) in [4.78, 5) is 11.0. The minimum Gasteiger partial charge on any atom is -0.338 e. The van der Waals surface area contributed by atoms with Gasteiger partial charge in [-0.25, -0.2) is 4.79 Å². The summed E-state index contributed by atoms with van der Waals surface area (Å²) in [5, 5.41) is 14.7. The van der Waals surface area contributed by atoms with E-state index in [0.29, 0.717) is 13.1 Å². The second-order valence-electron chi connectivity index (χ2n) is 2.43. The van der Waals surface area contributed by atoms with Crippen molar-refractivity contribution in [2.24, 2.45) is 0 Å². The number of rotatable bonds is 3. The normalized spacial score (nSPS) is 9.69. The van der Waals surface area contributed by atoms with Crippen molar-refractivity contribution in [1.29, 1.82) is 0 Å². The molecule has 0 aliphatic rings. The van der Waals surface area contributed by atoms with Crippen LogP contribution in [-0.2, 0) is 6.54 Å². The average molecular weight is 200 g/mol. The van der Waals surface area contributed by atoms with E-state index >= 15 is 0 Å². The lowest BCUT2D eigenvalue weighted by Gasteiger charge is -2.01. The van der Waals surface area contributed by atoms with Crippen molar-refractivity contribution in [3.8, 4) is 0 Å². The molecule has 0 spiro atoms. The summed E-state index contributed by atoms with van der Waals surface area (Å²) in [5.74, 6) is 0. The maximum atomic E-state index is 11.0. The van der Waals surface area contributed by atoms with Gasteiger partial charge in [0.15, 0.2) is 0 Å². The summed E-state index contributed by atoms with van der Waals surface area (Å²) in [6.45, 7) is 4.82. The Bertz CT molecular complexity index is 286. The molecule has 0 bridgehead atoms. The Morgan fingerprint density at radius 3 is 2.77 bits per heavy atom. The molecule has 0 atom stereocenters. The molecule has 1 aromatic rings. The first-order valence-electron chi connectivity index (χ1n) is 4.03. The molecule has 1 heterocycles. The number of urea groups is 1. The summed E-state index contributed by atoms with van der Waals surface area (Å²) in [5.41, 5.74) is 0. The van der Waals surface area contributed by atoms with E-state index in [2.05, 4.69) is 20.8 Å². The molecule has 6 heteroatoms. The van der Waals surface area contributed by atoms with Crippen molar-refractivity contribution >= 4 is 17.4 Å². The van der Waals surface area contributed by atoms with Crippen molar-refractivity contribution in [1.82, 2.24) is 20.8 Å². The van der Waals surface area contributed by atoms with Crippen LogP contribution < -0.4 is 10.6 Å². The lowest BCUT2D eigenvalue weighted by Crippen LogP contribution is -2.34. The van der Waals surface area contributed by atoms with E-state index < -0.39 is 0 Å². The molecule has 1 rings (SSSR count). The fraction of sp³-hybridized carbons (Fsp3) is 0.571. The number of amides is 2. The number of nitrogens with zero attached hydrogens (tertiary/aromatic N) is 2. The Hall–Kier alpha value is -1.17. The highest BCUT2D eigenvalue weighted by molar-refractivity contribution is 7.11. The fourth-order valence-corrected chi connectivity index (χ4v) is 1.44. The molecule has 0 saturated heterocycles. The van der Waals surface area contributed by atoms with Gasteiger partial charge in [-0.15, -0.1) is 10.2 Å². The van der Waals surface area contributed by atoms with Crippen molar-refractivity contribution in [3.05, 3.63) is 10.0 Å². The van der Waals surface area contributed by atoms with Gasteiger partial charge in [-0.2, -0.15) is 0 Å². The number of carbonyl (C=O) groups excluding carboxylic acids is 1. The standard InChI is InChI=1S/C7H12N4OS/c1-3-8-7(12)9-4-6-11-10-5(2)13-6/h3-4H2,1-2H3,(H2,8,9,12). The van der Waals surface area contributed by atoms with Gasteiger partial charge in [0.1, 0.15) is 10.0 Å². The molecule has 1 aromatic heterocycles. The molecular weight excluding hydrogens is 188 g/mol. The van der Waals surface area contributed by atoms with E-state index in [1.54, 1.807) is 0 Å². The number of aromatic nitrogens is 2. The summed E-state index contributed by atoms with van der Waals surface area (Å²) in [6.07, 6.45) is 0. The van der Waals surface area contributed by atoms with Gasteiger partial charge in [-0.3, -0.25) is 0 Å². The van der Waals surface area contributed by atoms with Crippen LogP contribution in [0, 0.1) is 6.92 Å². The first kappa shape index (κ1) is 9.91. The minimum atomic E-state index is -0.171. The van der Waals surface area contributed by atoms with E-state index in [-0.39, 0.29) is 6.03 Å². The van der Waals surface area contributed by atoms with Crippen molar-refractivity contribution in [3.63, 3.8) is 0 Å². The molecule has 2 N–H and O–H groups in total. The van der Waals surface area contributed by atoms with E-state index in [1.165, 1.54) is 11.3 Å². The zero-order chi connectivity index (χ0) is 9.68. The molecule has 0 saturated carbocycles. The molecule has 72 valence electrons. The molecular formula is C7H12N4OS. The minimum absolute atomic E-state index is 0.171. The molecule has 0 fully saturated rings. The Labute approximate surface area is 80.6 Å². The highest BCUT2D eigenvalue weighted by Gasteiger charge is 2.02. The van der Waals surface area contributed by atoms with Crippen LogP contribution in [0.5, 0.6) is 0 Å². The molecule has 0 radical (unpaired) electrons. The molecule has 5 nitrogen and oxygen atoms in total. The fourth-order valence-electron chi connectivity index (χ4n) is 0.788. The third kappa shape index (κ3) is 3.37. The zero-order valence-corrected chi connectivity index (χ0v) is 8.44. The zero-order valence-electron chi connectivity index (χ0n) is 7.63. The van der Waals surface area contributed by atoms with Crippen molar-refractivity contribution in [2.75, 3.05) is 6.54 Å². The van der Waals surface area contributed by atoms with Crippen LogP contribution in [0.25, 0.3) is 0 Å². The van der Waals surface area contributed by atoms with E-state index in [1.807, 2.05) is 13.8 Å². The highest BCUT2D eigenvalue weighted by Crippen LogP contribution is 2.06. The molecule has 0 aromatic carbocycles. The SMILES string of the molecule is CCNC(=O)NCc1nnc(C)s1. The first-order valence-corrected chi connectivity index (χ1v) is 4.84. The Morgan fingerprint density at radius 1 is 1.46 bits per heavy atom. The van der Waals surface area contributed by atoms with Crippen molar-refractivity contribution < 1.29 is 4.79 Å². The lowest BCUT2D eigenvalue weighted by molar-refractivity contribution is 0.241. The van der Waals surface area contributed by atoms with Gasteiger partial charge in [-0.05, 0) is 13.8 Å². The molecule has 0 aliphatic carbocycles. The predicted octanol–water partition coefficient (Wildman–Crippen LogP) is 0.666. The van der Waals surface area contributed by atoms with Gasteiger partial charge >= 0.3 is 6.03 Å². The van der Waals surface area contributed by atoms with Gasteiger partial charge < -0.3 is 10.6 Å². The van der Waals surface area contributed by atoms with Gasteiger partial charge in [0.2, 0.25) is 0 Å². The van der Waals surface area contributed by atoms with Gasteiger partial charge in [0.25, 0.3) is 0 Å². The van der Waals surface area contributed by atoms with Crippen LogP contribution in [-0.4, -0.2) is 22.8 Å². The maximum Gasteiger partial charge on any atom is 0.315 e. The van der Waals surface area contributed by atoms with Crippen LogP contribution in [0.15, 0.2) is 0 Å². The maximum absolute atomic E-state index is 11.0. The third-order valence-corrected chi connectivity index (χ3v) is 2.14. The molecule has 0 unspecified atom stereocenters. The largest absolute Gasteiger partial charge is 0.338 e. The average Bonchev–Trinajstić information content (AvgIpc) is 2.49. The Kier molecular flexibility index (Phi) is 3.63. The number of hydrogen-bond acceptors (Lipinski definition) is 4. The topological polar surface area (TPSA) is 66.9 Å². The van der Waals surface area contributed by atoms with Gasteiger partial charge in [0, 0.05) is 6.54 Å². The van der Waals surface area contributed by atoms with Crippen LogP contribution >= 0.6 is 11.3 Å². The van der Waals surface area contributed by atoms with Crippen LogP contribution in [0.2, 0.25) is 0 Å². The monoisotopic (exact) mass is 200 g/mol. The second kappa shape index (κ2) is 4.76. The van der Waals surface area contributed by atoms with Crippen molar-refractivity contribution in [2.45, 2.75) is 20.4 Å². The Balaban J connectivity index is 2.30. The number of hydrogen-bond donors (Lipinski definition) is 2. The second-order valence-corrected chi connectivity index (χ2v) is 3.69. The highest BCUT2D eigenvalue weighted by atomic mass is 32.1. The Morgan fingerprint density at radius 2 is 2.23 bits per heavy atom. The van der Waals surface area contributed by atoms with E-state index in [0.717, 1.165) is 10.0 Å². The first-order chi connectivity index (χ1) is 6.22. The summed E-state index contributed by atoms with van der Waals surface area (Å²) in [7, 11) is 0. The lowest BCUT2D eigenvalue weighted by atomic mass is 10.6. The van der Waals surface area contributed by atoms with E-state index in [4.69, 9.17) is 0 Å². The number of carbonyl (C=O) groups is 1. The molecule has 13 heavy (non-hydrogen) atoms. The predicted molar refractivity (Wildman–Crippen MR) is 50.6 cm³/mol. The molecule has 0 aliphatic heterocycles. The summed E-state index contributed by atoms with van der Waals surface area (Å²) < 4.78 is 0. The van der Waals surface area contributed by atoms with Crippen LogP contribution in [0.1, 0.15) is 16.9 Å². The number of aryl methyl sites for hydroxylation is 1.